The van der Waals surface area contributed by atoms with Crippen molar-refractivity contribution >= 4 is 23.5 Å². The molecule has 1 saturated heterocycles. The summed E-state index contributed by atoms with van der Waals surface area (Å²) < 4.78 is 16.1. The number of hydrogen-bond donors (Lipinski definition) is 4. The molecule has 0 saturated carbocycles. The number of likely N-dealkylation sites (tertiary alicyclic amines) is 1. The Labute approximate surface area is 181 Å². The van der Waals surface area contributed by atoms with Crippen LogP contribution in [0, 0.1) is 16.6 Å². The first-order valence-electron chi connectivity index (χ1n) is 10.4. The van der Waals surface area contributed by atoms with Crippen LogP contribution < -0.4 is 16.0 Å². The van der Waals surface area contributed by atoms with Crippen molar-refractivity contribution in [2.45, 2.75) is 26.3 Å². The molecule has 0 aliphatic carbocycles. The Hall–Kier alpha value is -3.20. The first-order chi connectivity index (χ1) is 14.8. The second-order valence-electron chi connectivity index (χ2n) is 8.43. The SMILES string of the molecule is CNC(=O)c1cc(F)cc2c1N/C(=C(\C=N)C1(C)CCN(Cc3nccn3C)CC1)N2. The van der Waals surface area contributed by atoms with Gasteiger partial charge < -0.3 is 25.9 Å². The monoisotopic (exact) mass is 425 g/mol. The molecule has 2 aliphatic rings. The Balaban J connectivity index is 1.55. The number of hydrogen-bond acceptors (Lipinski definition) is 6. The van der Waals surface area contributed by atoms with Gasteiger partial charge in [-0.2, -0.15) is 0 Å². The summed E-state index contributed by atoms with van der Waals surface area (Å²) in [7, 11) is 3.51. The van der Waals surface area contributed by atoms with E-state index < -0.39 is 5.82 Å². The Morgan fingerprint density at radius 3 is 2.71 bits per heavy atom. The third-order valence-electron chi connectivity index (χ3n) is 6.39. The fourth-order valence-electron chi connectivity index (χ4n) is 4.35. The van der Waals surface area contributed by atoms with E-state index in [1.54, 1.807) is 0 Å². The minimum absolute atomic E-state index is 0.219. The summed E-state index contributed by atoms with van der Waals surface area (Å²) in [6, 6.07) is 2.58. The molecule has 31 heavy (non-hydrogen) atoms. The Bertz CT molecular complexity index is 1050. The van der Waals surface area contributed by atoms with E-state index in [0.29, 0.717) is 17.2 Å². The fraction of sp³-hybridized carbons (Fsp3) is 0.409. The summed E-state index contributed by atoms with van der Waals surface area (Å²) in [5, 5.41) is 17.1. The van der Waals surface area contributed by atoms with Crippen LogP contribution in [-0.2, 0) is 13.6 Å². The number of carbonyl (C=O) groups excluding carboxylic acids is 1. The number of aromatic nitrogens is 2. The average molecular weight is 426 g/mol. The van der Waals surface area contributed by atoms with Crippen LogP contribution in [0.25, 0.3) is 0 Å². The second-order valence-corrected chi connectivity index (χ2v) is 8.43. The summed E-state index contributed by atoms with van der Waals surface area (Å²) in [5.74, 6) is 0.822. The molecule has 1 fully saturated rings. The molecule has 4 N–H and O–H groups in total. The lowest BCUT2D eigenvalue weighted by Gasteiger charge is -2.40. The van der Waals surface area contributed by atoms with E-state index in [9.17, 15) is 9.18 Å². The van der Waals surface area contributed by atoms with Crippen LogP contribution in [0.2, 0.25) is 0 Å². The summed E-state index contributed by atoms with van der Waals surface area (Å²) in [6.45, 7) is 4.73. The van der Waals surface area contributed by atoms with Gasteiger partial charge in [0.15, 0.2) is 0 Å². The topological polar surface area (TPSA) is 98.1 Å². The standard InChI is InChI=1S/C22H28FN7O/c1-22(4-7-30(8-5-22)13-18-26-6-9-29(18)3)16(12-24)20-27-17-11-14(23)10-15(19(17)28-20)21(31)25-2/h6,9-12,24,27-28H,4-5,7-8,13H2,1-3H3,(H,25,31)/b20-16+,24-12?. The van der Waals surface area contributed by atoms with Gasteiger partial charge in [-0.1, -0.05) is 6.92 Å². The van der Waals surface area contributed by atoms with E-state index in [4.69, 9.17) is 5.41 Å². The van der Waals surface area contributed by atoms with Gasteiger partial charge in [-0.3, -0.25) is 9.69 Å². The number of nitrogens with zero attached hydrogens (tertiary/aromatic N) is 3. The van der Waals surface area contributed by atoms with Crippen molar-refractivity contribution in [2.75, 3.05) is 30.8 Å². The van der Waals surface area contributed by atoms with E-state index >= 15 is 0 Å². The highest BCUT2D eigenvalue weighted by Crippen LogP contribution is 2.43. The maximum absolute atomic E-state index is 14.1. The van der Waals surface area contributed by atoms with Gasteiger partial charge in [0, 0.05) is 38.3 Å². The molecule has 0 spiro atoms. The number of carbonyl (C=O) groups is 1. The number of halogens is 1. The predicted molar refractivity (Wildman–Crippen MR) is 119 cm³/mol. The molecule has 0 bridgehead atoms. The molecule has 1 amide bonds. The minimum Gasteiger partial charge on any atom is -0.355 e. The lowest BCUT2D eigenvalue weighted by molar-refractivity contribution is 0.0963. The highest BCUT2D eigenvalue weighted by Gasteiger charge is 2.36. The van der Waals surface area contributed by atoms with Crippen molar-refractivity contribution in [3.05, 3.63) is 53.1 Å². The summed E-state index contributed by atoms with van der Waals surface area (Å²) in [4.78, 5) is 19.0. The first-order valence-corrected chi connectivity index (χ1v) is 10.4. The number of imidazole rings is 1. The number of allylic oxidation sites excluding steroid dienone is 1. The zero-order valence-corrected chi connectivity index (χ0v) is 18.1. The summed E-state index contributed by atoms with van der Waals surface area (Å²) >= 11 is 0. The zero-order valence-electron chi connectivity index (χ0n) is 18.1. The molecule has 9 heteroatoms. The lowest BCUT2D eigenvalue weighted by atomic mass is 9.74. The molecule has 2 aliphatic heterocycles. The quantitative estimate of drug-likeness (QED) is 0.552. The highest BCUT2D eigenvalue weighted by atomic mass is 19.1. The van der Waals surface area contributed by atoms with E-state index in [-0.39, 0.29) is 16.9 Å². The normalized spacial score (nSPS) is 19.2. The average Bonchev–Trinajstić information content (AvgIpc) is 3.35. The number of amides is 1. The first kappa shape index (κ1) is 21.0. The Morgan fingerprint density at radius 1 is 1.35 bits per heavy atom. The van der Waals surface area contributed by atoms with E-state index in [2.05, 4.69) is 32.8 Å². The van der Waals surface area contributed by atoms with Gasteiger partial charge in [0.1, 0.15) is 17.5 Å². The van der Waals surface area contributed by atoms with Crippen LogP contribution in [0.3, 0.4) is 0 Å². The third-order valence-corrected chi connectivity index (χ3v) is 6.39. The highest BCUT2D eigenvalue weighted by molar-refractivity contribution is 6.05. The van der Waals surface area contributed by atoms with Crippen LogP contribution in [-0.4, -0.2) is 46.7 Å². The lowest BCUT2D eigenvalue weighted by Crippen LogP contribution is -2.40. The molecular formula is C22H28FN7O. The number of piperidine rings is 1. The third kappa shape index (κ3) is 3.93. The van der Waals surface area contributed by atoms with E-state index in [1.807, 2.05) is 24.0 Å². The predicted octanol–water partition coefficient (Wildman–Crippen LogP) is 2.92. The van der Waals surface area contributed by atoms with Gasteiger partial charge in [-0.25, -0.2) is 9.37 Å². The van der Waals surface area contributed by atoms with Gasteiger partial charge in [0.25, 0.3) is 5.91 Å². The van der Waals surface area contributed by atoms with Crippen LogP contribution in [0.5, 0.6) is 0 Å². The molecule has 2 aromatic rings. The molecule has 164 valence electrons. The molecule has 4 rings (SSSR count). The Morgan fingerprint density at radius 2 is 2.10 bits per heavy atom. The number of anilines is 2. The van der Waals surface area contributed by atoms with Crippen LogP contribution in [0.1, 0.15) is 35.9 Å². The molecular weight excluding hydrogens is 397 g/mol. The molecule has 1 aromatic carbocycles. The molecule has 1 aromatic heterocycles. The molecule has 0 radical (unpaired) electrons. The summed E-state index contributed by atoms with van der Waals surface area (Å²) in [6.07, 6.45) is 6.88. The van der Waals surface area contributed by atoms with Crippen LogP contribution in [0.15, 0.2) is 35.9 Å². The van der Waals surface area contributed by atoms with Gasteiger partial charge in [-0.15, -0.1) is 0 Å². The molecule has 0 unspecified atom stereocenters. The number of aryl methyl sites for hydroxylation is 1. The van der Waals surface area contributed by atoms with Crippen molar-refractivity contribution in [3.63, 3.8) is 0 Å². The maximum atomic E-state index is 14.1. The molecule has 8 nitrogen and oxygen atoms in total. The fourth-order valence-corrected chi connectivity index (χ4v) is 4.35. The Kier molecular flexibility index (Phi) is 5.53. The smallest absolute Gasteiger partial charge is 0.253 e. The van der Waals surface area contributed by atoms with Crippen molar-refractivity contribution in [1.29, 1.82) is 5.41 Å². The summed E-state index contributed by atoms with van der Waals surface area (Å²) in [5.41, 5.74) is 1.88. The van der Waals surface area contributed by atoms with Crippen molar-refractivity contribution in [2.24, 2.45) is 12.5 Å². The van der Waals surface area contributed by atoms with Gasteiger partial charge in [-0.05, 0) is 43.5 Å². The van der Waals surface area contributed by atoms with Crippen molar-refractivity contribution in [3.8, 4) is 0 Å². The maximum Gasteiger partial charge on any atom is 0.253 e. The largest absolute Gasteiger partial charge is 0.355 e. The minimum atomic E-state index is -0.488. The van der Waals surface area contributed by atoms with Gasteiger partial charge >= 0.3 is 0 Å². The van der Waals surface area contributed by atoms with Crippen LogP contribution >= 0.6 is 0 Å². The molecule has 0 atom stereocenters. The molecule has 3 heterocycles. The number of fused-ring (bicyclic) bond motifs is 1. The number of rotatable bonds is 5. The van der Waals surface area contributed by atoms with Crippen molar-refractivity contribution in [1.82, 2.24) is 19.8 Å². The van der Waals surface area contributed by atoms with Crippen molar-refractivity contribution < 1.29 is 9.18 Å². The number of benzene rings is 1. The number of nitrogens with one attached hydrogen (secondary N) is 4. The van der Waals surface area contributed by atoms with E-state index in [0.717, 1.165) is 43.9 Å². The van der Waals surface area contributed by atoms with E-state index in [1.165, 1.54) is 25.4 Å². The van der Waals surface area contributed by atoms with Gasteiger partial charge in [0.2, 0.25) is 0 Å². The zero-order chi connectivity index (χ0) is 22.2. The van der Waals surface area contributed by atoms with Crippen LogP contribution in [0.4, 0.5) is 15.8 Å². The second kappa shape index (κ2) is 8.14. The van der Waals surface area contributed by atoms with Gasteiger partial charge in [0.05, 0.1) is 23.5 Å².